The topological polar surface area (TPSA) is 55.5 Å². The van der Waals surface area contributed by atoms with E-state index in [0.717, 1.165) is 0 Å². The van der Waals surface area contributed by atoms with Crippen molar-refractivity contribution in [2.75, 3.05) is 6.54 Å². The van der Waals surface area contributed by atoms with E-state index in [1.807, 2.05) is 0 Å². The fourth-order valence-electron chi connectivity index (χ4n) is 1.36. The van der Waals surface area contributed by atoms with Crippen LogP contribution in [0.4, 0.5) is 4.39 Å². The third-order valence-electron chi connectivity index (χ3n) is 2.59. The molecule has 0 bridgehead atoms. The Hall–Kier alpha value is -0.490. The standard InChI is InChI=1S/C12H17BrFNO2/c1-7(16)8(2)17-12(6-15)9-3-4-10(13)11(14)5-9/h3-5,7-8,12,16H,6,15H2,1-2H3. The number of hydrogen-bond donors (Lipinski definition) is 2. The lowest BCUT2D eigenvalue weighted by Crippen LogP contribution is -2.28. The molecule has 3 atom stereocenters. The van der Waals surface area contributed by atoms with Gasteiger partial charge in [0.2, 0.25) is 0 Å². The minimum atomic E-state index is -0.593. The predicted molar refractivity (Wildman–Crippen MR) is 68.1 cm³/mol. The number of aliphatic hydroxyl groups excluding tert-OH is 1. The van der Waals surface area contributed by atoms with E-state index >= 15 is 0 Å². The molecule has 1 aromatic rings. The van der Waals surface area contributed by atoms with Crippen molar-refractivity contribution in [3.8, 4) is 0 Å². The molecular formula is C12H17BrFNO2. The van der Waals surface area contributed by atoms with Crippen LogP contribution < -0.4 is 5.73 Å². The van der Waals surface area contributed by atoms with Gasteiger partial charge in [0.15, 0.2) is 0 Å². The summed E-state index contributed by atoms with van der Waals surface area (Å²) in [6.45, 7) is 3.63. The van der Waals surface area contributed by atoms with Gasteiger partial charge in [-0.3, -0.25) is 0 Å². The first kappa shape index (κ1) is 14.6. The fraction of sp³-hybridized carbons (Fsp3) is 0.500. The van der Waals surface area contributed by atoms with Gasteiger partial charge in [0.1, 0.15) is 5.82 Å². The van der Waals surface area contributed by atoms with Crippen molar-refractivity contribution in [3.05, 3.63) is 34.1 Å². The molecule has 0 saturated carbocycles. The van der Waals surface area contributed by atoms with Crippen LogP contribution in [-0.4, -0.2) is 23.9 Å². The Labute approximate surface area is 109 Å². The summed E-state index contributed by atoms with van der Waals surface area (Å²) in [5, 5.41) is 9.36. The maximum atomic E-state index is 13.4. The van der Waals surface area contributed by atoms with E-state index in [9.17, 15) is 9.50 Å². The molecular weight excluding hydrogens is 289 g/mol. The number of rotatable bonds is 5. The van der Waals surface area contributed by atoms with Crippen LogP contribution in [0.2, 0.25) is 0 Å². The average Bonchev–Trinajstić information content (AvgIpc) is 2.29. The van der Waals surface area contributed by atoms with Crippen molar-refractivity contribution in [2.45, 2.75) is 32.2 Å². The molecule has 3 unspecified atom stereocenters. The van der Waals surface area contributed by atoms with Crippen LogP contribution in [0, 0.1) is 5.82 Å². The van der Waals surface area contributed by atoms with Crippen molar-refractivity contribution in [3.63, 3.8) is 0 Å². The van der Waals surface area contributed by atoms with Crippen LogP contribution in [-0.2, 0) is 4.74 Å². The highest BCUT2D eigenvalue weighted by molar-refractivity contribution is 9.10. The molecule has 5 heteroatoms. The molecule has 3 N–H and O–H groups in total. The van der Waals surface area contributed by atoms with E-state index in [0.29, 0.717) is 10.0 Å². The third kappa shape index (κ3) is 4.03. The molecule has 1 rings (SSSR count). The molecule has 0 saturated heterocycles. The van der Waals surface area contributed by atoms with Gasteiger partial charge < -0.3 is 15.6 Å². The molecule has 0 spiro atoms. The van der Waals surface area contributed by atoms with E-state index in [1.54, 1.807) is 26.0 Å². The zero-order valence-corrected chi connectivity index (χ0v) is 11.4. The molecule has 0 aliphatic rings. The molecule has 0 heterocycles. The normalized spacial score (nSPS) is 16.6. The Kier molecular flexibility index (Phi) is 5.52. The molecule has 0 amide bonds. The number of nitrogens with two attached hydrogens (primary N) is 1. The van der Waals surface area contributed by atoms with Crippen LogP contribution in [0.15, 0.2) is 22.7 Å². The molecule has 0 fully saturated rings. The van der Waals surface area contributed by atoms with Gasteiger partial charge in [0, 0.05) is 6.54 Å². The Morgan fingerprint density at radius 2 is 2.12 bits per heavy atom. The molecule has 0 radical (unpaired) electrons. The SMILES string of the molecule is CC(O)C(C)OC(CN)c1ccc(Br)c(F)c1. The monoisotopic (exact) mass is 305 g/mol. The summed E-state index contributed by atoms with van der Waals surface area (Å²) in [6, 6.07) is 4.75. The average molecular weight is 306 g/mol. The number of halogens is 2. The van der Waals surface area contributed by atoms with Gasteiger partial charge in [-0.25, -0.2) is 4.39 Å². The Morgan fingerprint density at radius 1 is 1.47 bits per heavy atom. The van der Waals surface area contributed by atoms with E-state index in [-0.39, 0.29) is 18.5 Å². The zero-order chi connectivity index (χ0) is 13.0. The number of hydrogen-bond acceptors (Lipinski definition) is 3. The molecule has 96 valence electrons. The Morgan fingerprint density at radius 3 is 2.59 bits per heavy atom. The first-order chi connectivity index (χ1) is 7.95. The highest BCUT2D eigenvalue weighted by Crippen LogP contribution is 2.23. The van der Waals surface area contributed by atoms with Gasteiger partial charge in [0.05, 0.1) is 22.8 Å². The maximum Gasteiger partial charge on any atom is 0.137 e. The first-order valence-electron chi connectivity index (χ1n) is 5.44. The summed E-state index contributed by atoms with van der Waals surface area (Å²) in [5.41, 5.74) is 6.27. The summed E-state index contributed by atoms with van der Waals surface area (Å²) in [4.78, 5) is 0. The third-order valence-corrected chi connectivity index (χ3v) is 3.23. The van der Waals surface area contributed by atoms with Crippen LogP contribution in [0.1, 0.15) is 25.5 Å². The van der Waals surface area contributed by atoms with Gasteiger partial charge in [-0.15, -0.1) is 0 Å². The summed E-state index contributed by atoms with van der Waals surface area (Å²) in [6.07, 6.45) is -1.36. The van der Waals surface area contributed by atoms with Crippen molar-refractivity contribution >= 4 is 15.9 Å². The highest BCUT2D eigenvalue weighted by Gasteiger charge is 2.18. The summed E-state index contributed by atoms with van der Waals surface area (Å²) in [5.74, 6) is -0.353. The van der Waals surface area contributed by atoms with E-state index in [4.69, 9.17) is 10.5 Å². The quantitative estimate of drug-likeness (QED) is 0.878. The summed E-state index contributed by atoms with van der Waals surface area (Å²) < 4.78 is 19.4. The zero-order valence-electron chi connectivity index (χ0n) is 9.86. The van der Waals surface area contributed by atoms with Gasteiger partial charge in [-0.2, -0.15) is 0 Å². The Balaban J connectivity index is 2.82. The second-order valence-corrected chi connectivity index (χ2v) is 4.83. The van der Waals surface area contributed by atoms with Crippen LogP contribution in [0.5, 0.6) is 0 Å². The maximum absolute atomic E-state index is 13.4. The lowest BCUT2D eigenvalue weighted by Gasteiger charge is -2.23. The van der Waals surface area contributed by atoms with Crippen molar-refractivity contribution in [1.29, 1.82) is 0 Å². The molecule has 0 aliphatic carbocycles. The number of benzene rings is 1. The highest BCUT2D eigenvalue weighted by atomic mass is 79.9. The van der Waals surface area contributed by atoms with Gasteiger partial charge in [0.25, 0.3) is 0 Å². The molecule has 17 heavy (non-hydrogen) atoms. The van der Waals surface area contributed by atoms with E-state index < -0.39 is 12.2 Å². The number of ether oxygens (including phenoxy) is 1. The predicted octanol–water partition coefficient (Wildman–Crippen LogP) is 2.37. The second kappa shape index (κ2) is 6.44. The molecule has 1 aromatic carbocycles. The van der Waals surface area contributed by atoms with E-state index in [2.05, 4.69) is 15.9 Å². The van der Waals surface area contributed by atoms with Crippen molar-refractivity contribution < 1.29 is 14.2 Å². The molecule has 0 aromatic heterocycles. The van der Waals surface area contributed by atoms with Crippen LogP contribution in [0.25, 0.3) is 0 Å². The van der Waals surface area contributed by atoms with Crippen LogP contribution in [0.3, 0.4) is 0 Å². The van der Waals surface area contributed by atoms with Crippen molar-refractivity contribution in [1.82, 2.24) is 0 Å². The molecule has 0 aliphatic heterocycles. The summed E-state index contributed by atoms with van der Waals surface area (Å²) >= 11 is 3.09. The minimum absolute atomic E-state index is 0.234. The van der Waals surface area contributed by atoms with Gasteiger partial charge >= 0.3 is 0 Å². The van der Waals surface area contributed by atoms with Gasteiger partial charge in [-0.1, -0.05) is 6.07 Å². The smallest absolute Gasteiger partial charge is 0.137 e. The number of aliphatic hydroxyl groups is 1. The van der Waals surface area contributed by atoms with E-state index in [1.165, 1.54) is 6.07 Å². The summed E-state index contributed by atoms with van der Waals surface area (Å²) in [7, 11) is 0. The fourth-order valence-corrected chi connectivity index (χ4v) is 1.60. The lowest BCUT2D eigenvalue weighted by atomic mass is 10.1. The van der Waals surface area contributed by atoms with Crippen LogP contribution >= 0.6 is 15.9 Å². The lowest BCUT2D eigenvalue weighted by molar-refractivity contribution is -0.0592. The largest absolute Gasteiger partial charge is 0.391 e. The van der Waals surface area contributed by atoms with Gasteiger partial charge in [-0.05, 0) is 47.5 Å². The first-order valence-corrected chi connectivity index (χ1v) is 6.23. The molecule has 3 nitrogen and oxygen atoms in total. The Bertz CT molecular complexity index is 374. The van der Waals surface area contributed by atoms with Crippen molar-refractivity contribution in [2.24, 2.45) is 5.73 Å². The second-order valence-electron chi connectivity index (χ2n) is 3.98. The minimum Gasteiger partial charge on any atom is -0.391 e.